The van der Waals surface area contributed by atoms with Crippen LogP contribution in [0.1, 0.15) is 35.5 Å². The Hall–Kier alpha value is -1.61. The summed E-state index contributed by atoms with van der Waals surface area (Å²) < 4.78 is 5.79. The molecule has 3 rings (SSSR count). The number of ether oxygens (including phenoxy) is 1. The van der Waals surface area contributed by atoms with Crippen LogP contribution in [0.4, 0.5) is 0 Å². The third-order valence-electron chi connectivity index (χ3n) is 3.70. The van der Waals surface area contributed by atoms with Gasteiger partial charge in [-0.25, -0.2) is 0 Å². The topological polar surface area (TPSA) is 26.3 Å². The molecule has 2 aromatic rings. The zero-order valence-electron chi connectivity index (χ0n) is 11.1. The van der Waals surface area contributed by atoms with Crippen LogP contribution in [0, 0.1) is 0 Å². The maximum atomic E-state index is 10.9. The number of carbonyl (C=O) groups excluding carboxylic acids is 1. The molecule has 0 spiro atoms. The van der Waals surface area contributed by atoms with Crippen molar-refractivity contribution in [2.24, 2.45) is 0 Å². The molecule has 2 heterocycles. The van der Waals surface area contributed by atoms with E-state index in [1.165, 1.54) is 22.5 Å². The second-order valence-electron chi connectivity index (χ2n) is 5.48. The average molecular weight is 272 g/mol. The Morgan fingerprint density at radius 2 is 2.11 bits per heavy atom. The second-order valence-corrected chi connectivity index (χ2v) is 6.60. The van der Waals surface area contributed by atoms with Gasteiger partial charge >= 0.3 is 0 Å². The lowest BCUT2D eigenvalue weighted by Crippen LogP contribution is -2.27. The highest BCUT2D eigenvalue weighted by molar-refractivity contribution is 7.17. The minimum absolute atomic E-state index is 0.107. The molecule has 0 bridgehead atoms. The third-order valence-corrected chi connectivity index (χ3v) is 4.74. The highest BCUT2D eigenvalue weighted by Crippen LogP contribution is 2.45. The van der Waals surface area contributed by atoms with Crippen molar-refractivity contribution in [3.05, 3.63) is 40.8 Å². The summed E-state index contributed by atoms with van der Waals surface area (Å²) in [5.41, 5.74) is 2.57. The minimum Gasteiger partial charge on any atom is -0.493 e. The molecule has 0 radical (unpaired) electrons. The standard InChI is InChI=1S/C16H16O2S/c1-16(2)8-9-18-13-5-3-4-12(15(13)16)14-7-6-11(10-17)19-14/h3-7,10H,8-9H2,1-2H3. The van der Waals surface area contributed by atoms with E-state index in [9.17, 15) is 4.79 Å². The highest BCUT2D eigenvalue weighted by Gasteiger charge is 2.31. The van der Waals surface area contributed by atoms with Gasteiger partial charge in [0.05, 0.1) is 11.5 Å². The monoisotopic (exact) mass is 272 g/mol. The van der Waals surface area contributed by atoms with Crippen molar-refractivity contribution in [2.75, 3.05) is 6.61 Å². The molecular formula is C16H16O2S. The molecule has 2 nitrogen and oxygen atoms in total. The quantitative estimate of drug-likeness (QED) is 0.762. The summed E-state index contributed by atoms with van der Waals surface area (Å²) in [6.45, 7) is 5.28. The molecule has 0 aliphatic carbocycles. The fourth-order valence-electron chi connectivity index (χ4n) is 2.66. The first-order chi connectivity index (χ1) is 9.12. The van der Waals surface area contributed by atoms with Gasteiger partial charge in [0.2, 0.25) is 0 Å². The predicted octanol–water partition coefficient (Wildman–Crippen LogP) is 4.29. The van der Waals surface area contributed by atoms with E-state index in [0.717, 1.165) is 34.8 Å². The number of fused-ring (bicyclic) bond motifs is 1. The van der Waals surface area contributed by atoms with Crippen molar-refractivity contribution in [3.63, 3.8) is 0 Å². The largest absolute Gasteiger partial charge is 0.493 e. The van der Waals surface area contributed by atoms with Gasteiger partial charge in [0, 0.05) is 10.4 Å². The van der Waals surface area contributed by atoms with Crippen LogP contribution in [-0.4, -0.2) is 12.9 Å². The first-order valence-corrected chi connectivity index (χ1v) is 7.25. The van der Waals surface area contributed by atoms with Crippen LogP contribution in [0.25, 0.3) is 10.4 Å². The lowest BCUT2D eigenvalue weighted by atomic mass is 9.77. The van der Waals surface area contributed by atoms with Crippen LogP contribution < -0.4 is 4.74 Å². The normalized spacial score (nSPS) is 16.5. The summed E-state index contributed by atoms with van der Waals surface area (Å²) in [5.74, 6) is 0.981. The lowest BCUT2D eigenvalue weighted by molar-refractivity contribution is 0.112. The van der Waals surface area contributed by atoms with Gasteiger partial charge in [0.1, 0.15) is 5.75 Å². The molecule has 0 atom stereocenters. The Kier molecular flexibility index (Phi) is 2.94. The van der Waals surface area contributed by atoms with Crippen LogP contribution in [0.2, 0.25) is 0 Å². The molecule has 0 amide bonds. The van der Waals surface area contributed by atoms with Crippen molar-refractivity contribution in [1.82, 2.24) is 0 Å². The smallest absolute Gasteiger partial charge is 0.160 e. The molecule has 1 aromatic heterocycles. The van der Waals surface area contributed by atoms with E-state index in [0.29, 0.717) is 0 Å². The molecule has 0 unspecified atom stereocenters. The number of thiophene rings is 1. The summed E-state index contributed by atoms with van der Waals surface area (Å²) in [5, 5.41) is 0. The fourth-order valence-corrected chi connectivity index (χ4v) is 3.51. The predicted molar refractivity (Wildman–Crippen MR) is 78.3 cm³/mol. The van der Waals surface area contributed by atoms with Crippen LogP contribution in [0.15, 0.2) is 30.3 Å². The Morgan fingerprint density at radius 1 is 1.26 bits per heavy atom. The van der Waals surface area contributed by atoms with E-state index in [1.807, 2.05) is 24.3 Å². The zero-order chi connectivity index (χ0) is 13.5. The molecule has 0 N–H and O–H groups in total. The maximum absolute atomic E-state index is 10.9. The molecule has 19 heavy (non-hydrogen) atoms. The second kappa shape index (κ2) is 4.49. The molecule has 1 aromatic carbocycles. The van der Waals surface area contributed by atoms with Gasteiger partial charge in [-0.2, -0.15) is 0 Å². The number of hydrogen-bond acceptors (Lipinski definition) is 3. The number of aldehydes is 1. The molecule has 1 aliphatic rings. The fraction of sp³-hybridized carbons (Fsp3) is 0.312. The van der Waals surface area contributed by atoms with Crippen molar-refractivity contribution < 1.29 is 9.53 Å². The first kappa shape index (κ1) is 12.4. The van der Waals surface area contributed by atoms with Gasteiger partial charge in [-0.15, -0.1) is 11.3 Å². The van der Waals surface area contributed by atoms with Crippen molar-refractivity contribution in [3.8, 4) is 16.2 Å². The van der Waals surface area contributed by atoms with Gasteiger partial charge < -0.3 is 4.74 Å². The van der Waals surface area contributed by atoms with E-state index >= 15 is 0 Å². The van der Waals surface area contributed by atoms with Crippen LogP contribution in [0.5, 0.6) is 5.75 Å². The molecule has 0 saturated carbocycles. The Morgan fingerprint density at radius 3 is 2.84 bits per heavy atom. The van der Waals surface area contributed by atoms with Crippen molar-refractivity contribution in [2.45, 2.75) is 25.7 Å². The first-order valence-electron chi connectivity index (χ1n) is 6.43. The van der Waals surface area contributed by atoms with Crippen LogP contribution >= 0.6 is 11.3 Å². The van der Waals surface area contributed by atoms with E-state index in [4.69, 9.17) is 4.74 Å². The molecular weight excluding hydrogens is 256 g/mol. The van der Waals surface area contributed by atoms with Gasteiger partial charge in [-0.05, 0) is 35.6 Å². The number of benzene rings is 1. The molecule has 0 saturated heterocycles. The summed E-state index contributed by atoms with van der Waals surface area (Å²) in [6, 6.07) is 10.1. The molecule has 0 fully saturated rings. The van der Waals surface area contributed by atoms with E-state index in [1.54, 1.807) is 0 Å². The molecule has 98 valence electrons. The molecule has 1 aliphatic heterocycles. The van der Waals surface area contributed by atoms with E-state index in [2.05, 4.69) is 19.9 Å². The Labute approximate surface area is 117 Å². The van der Waals surface area contributed by atoms with E-state index < -0.39 is 0 Å². The Bertz CT molecular complexity index is 625. The maximum Gasteiger partial charge on any atom is 0.160 e. The van der Waals surface area contributed by atoms with Crippen molar-refractivity contribution >= 4 is 17.6 Å². The summed E-state index contributed by atoms with van der Waals surface area (Å²) in [4.78, 5) is 12.8. The summed E-state index contributed by atoms with van der Waals surface area (Å²) in [6.07, 6.45) is 1.92. The average Bonchev–Trinajstić information content (AvgIpc) is 2.86. The van der Waals surface area contributed by atoms with Crippen molar-refractivity contribution in [1.29, 1.82) is 0 Å². The highest BCUT2D eigenvalue weighted by atomic mass is 32.1. The molecule has 3 heteroatoms. The number of carbonyl (C=O) groups is 1. The van der Waals surface area contributed by atoms with E-state index in [-0.39, 0.29) is 5.41 Å². The van der Waals surface area contributed by atoms with Crippen LogP contribution in [-0.2, 0) is 5.41 Å². The Balaban J connectivity index is 2.19. The van der Waals surface area contributed by atoms with Gasteiger partial charge in [0.15, 0.2) is 6.29 Å². The SMILES string of the molecule is CC1(C)CCOc2cccc(-c3ccc(C=O)s3)c21. The lowest BCUT2D eigenvalue weighted by Gasteiger charge is -2.34. The van der Waals surface area contributed by atoms with Gasteiger partial charge in [0.25, 0.3) is 0 Å². The minimum atomic E-state index is 0.107. The van der Waals surface area contributed by atoms with Gasteiger partial charge in [-0.1, -0.05) is 26.0 Å². The third kappa shape index (κ3) is 2.08. The summed E-state index contributed by atoms with van der Waals surface area (Å²) in [7, 11) is 0. The number of hydrogen-bond donors (Lipinski definition) is 0. The zero-order valence-corrected chi connectivity index (χ0v) is 11.9. The number of rotatable bonds is 2. The van der Waals surface area contributed by atoms with Crippen LogP contribution in [0.3, 0.4) is 0 Å². The summed E-state index contributed by atoms with van der Waals surface area (Å²) >= 11 is 1.54. The van der Waals surface area contributed by atoms with Gasteiger partial charge in [-0.3, -0.25) is 4.79 Å².